The van der Waals surface area contributed by atoms with Crippen molar-refractivity contribution in [3.63, 3.8) is 0 Å². The molecule has 6 heteroatoms. The number of carbonyl (C=O) groups excluding carboxylic acids is 2. The molecule has 0 spiro atoms. The van der Waals surface area contributed by atoms with Gasteiger partial charge in [0.15, 0.2) is 0 Å². The predicted octanol–water partition coefficient (Wildman–Crippen LogP) is 5.05. The van der Waals surface area contributed by atoms with Gasteiger partial charge in [-0.15, -0.1) is 0 Å². The maximum Gasteiger partial charge on any atom is 0.251 e. The first-order valence-electron chi connectivity index (χ1n) is 10.6. The summed E-state index contributed by atoms with van der Waals surface area (Å²) in [7, 11) is 0. The number of hydrogen-bond acceptors (Lipinski definition) is 4. The van der Waals surface area contributed by atoms with Crippen LogP contribution in [-0.2, 0) is 28.2 Å². The third-order valence-electron chi connectivity index (χ3n) is 5.04. The van der Waals surface area contributed by atoms with Crippen LogP contribution in [0.25, 0.3) is 0 Å². The van der Waals surface area contributed by atoms with Crippen LogP contribution in [0.3, 0.4) is 0 Å². The molecule has 1 heterocycles. The number of furan rings is 1. The van der Waals surface area contributed by atoms with Gasteiger partial charge in [0.25, 0.3) is 5.91 Å². The highest BCUT2D eigenvalue weighted by molar-refractivity contribution is 6.01. The molecule has 2 amide bonds. The van der Waals surface area contributed by atoms with Crippen LogP contribution in [0.1, 0.15) is 54.9 Å². The zero-order chi connectivity index (χ0) is 23.1. The molecular formula is C26H30N2O4. The molecule has 1 atom stereocenters. The molecule has 0 saturated carbocycles. The Morgan fingerprint density at radius 3 is 2.41 bits per heavy atom. The second kappa shape index (κ2) is 10.3. The van der Waals surface area contributed by atoms with Gasteiger partial charge in [-0.3, -0.25) is 9.59 Å². The number of benzene rings is 2. The average Bonchev–Trinajstić information content (AvgIpc) is 3.27. The van der Waals surface area contributed by atoms with E-state index in [2.05, 4.69) is 31.4 Å². The quantitative estimate of drug-likeness (QED) is 0.520. The first kappa shape index (κ1) is 23.3. The minimum atomic E-state index is -0.691. The molecule has 1 unspecified atom stereocenters. The molecule has 0 saturated heterocycles. The van der Waals surface area contributed by atoms with Crippen molar-refractivity contribution in [2.45, 2.75) is 52.4 Å². The van der Waals surface area contributed by atoms with Crippen LogP contribution in [0.4, 0.5) is 5.69 Å². The van der Waals surface area contributed by atoms with Gasteiger partial charge in [-0.05, 0) is 59.9 Å². The Morgan fingerprint density at radius 2 is 1.75 bits per heavy atom. The van der Waals surface area contributed by atoms with E-state index in [1.807, 2.05) is 42.5 Å². The summed E-state index contributed by atoms with van der Waals surface area (Å²) in [6, 6.07) is 17.8. The molecule has 0 radical (unpaired) electrons. The summed E-state index contributed by atoms with van der Waals surface area (Å²) in [5, 5.41) is 5.60. The van der Waals surface area contributed by atoms with E-state index in [0.29, 0.717) is 24.5 Å². The normalized spacial score (nSPS) is 12.2. The highest BCUT2D eigenvalue weighted by Gasteiger charge is 2.18. The summed E-state index contributed by atoms with van der Waals surface area (Å²) >= 11 is 0. The zero-order valence-electron chi connectivity index (χ0n) is 19.0. The van der Waals surface area contributed by atoms with Gasteiger partial charge in [-0.25, -0.2) is 0 Å². The molecule has 0 fully saturated rings. The monoisotopic (exact) mass is 434 g/mol. The van der Waals surface area contributed by atoms with Crippen molar-refractivity contribution in [2.24, 2.45) is 0 Å². The molecule has 6 nitrogen and oxygen atoms in total. The Kier molecular flexibility index (Phi) is 7.49. The Bertz CT molecular complexity index is 1030. The van der Waals surface area contributed by atoms with Gasteiger partial charge >= 0.3 is 0 Å². The Morgan fingerprint density at radius 1 is 1.00 bits per heavy atom. The van der Waals surface area contributed by atoms with E-state index >= 15 is 0 Å². The third-order valence-corrected chi connectivity index (χ3v) is 5.04. The number of nitrogens with one attached hydrogen (secondary N) is 2. The molecule has 32 heavy (non-hydrogen) atoms. The second-order valence-corrected chi connectivity index (χ2v) is 8.78. The summed E-state index contributed by atoms with van der Waals surface area (Å²) in [6.45, 7) is 8.79. The van der Waals surface area contributed by atoms with Crippen molar-refractivity contribution in [1.82, 2.24) is 5.32 Å². The van der Waals surface area contributed by atoms with Gasteiger partial charge in [0.1, 0.15) is 18.4 Å². The van der Waals surface area contributed by atoms with Crippen molar-refractivity contribution >= 4 is 17.5 Å². The molecule has 2 N–H and O–H groups in total. The van der Waals surface area contributed by atoms with E-state index in [-0.39, 0.29) is 17.2 Å². The first-order chi connectivity index (χ1) is 15.2. The summed E-state index contributed by atoms with van der Waals surface area (Å²) in [4.78, 5) is 25.1. The van der Waals surface area contributed by atoms with Crippen LogP contribution in [-0.4, -0.2) is 17.9 Å². The molecule has 2 aromatic carbocycles. The van der Waals surface area contributed by atoms with Crippen LogP contribution < -0.4 is 10.6 Å². The highest BCUT2D eigenvalue weighted by Crippen LogP contribution is 2.22. The summed E-state index contributed by atoms with van der Waals surface area (Å²) in [6.07, 6.45) is 1.61. The number of ether oxygens (including phenoxy) is 1. The van der Waals surface area contributed by atoms with E-state index in [4.69, 9.17) is 9.15 Å². The first-order valence-corrected chi connectivity index (χ1v) is 10.6. The van der Waals surface area contributed by atoms with Gasteiger partial charge in [0.05, 0.1) is 12.9 Å². The van der Waals surface area contributed by atoms with E-state index in [0.717, 1.165) is 16.9 Å². The Hall–Kier alpha value is -3.38. The SMILES string of the molecule is CC(NC(=O)c1ccc(C(C)(C)C)cc1)C(=O)Nc1cccc(COCc2ccco2)c1. The molecule has 0 aliphatic carbocycles. The second-order valence-electron chi connectivity index (χ2n) is 8.78. The fourth-order valence-electron chi connectivity index (χ4n) is 3.12. The molecule has 0 bridgehead atoms. The van der Waals surface area contributed by atoms with Crippen LogP contribution in [0.2, 0.25) is 0 Å². The zero-order valence-corrected chi connectivity index (χ0v) is 19.0. The lowest BCUT2D eigenvalue weighted by Gasteiger charge is -2.19. The fraction of sp³-hybridized carbons (Fsp3) is 0.308. The third kappa shape index (κ3) is 6.56. The largest absolute Gasteiger partial charge is 0.467 e. The van der Waals surface area contributed by atoms with Crippen LogP contribution in [0.5, 0.6) is 0 Å². The molecule has 0 aliphatic heterocycles. The lowest BCUT2D eigenvalue weighted by molar-refractivity contribution is -0.117. The van der Waals surface area contributed by atoms with Gasteiger partial charge in [-0.2, -0.15) is 0 Å². The summed E-state index contributed by atoms with van der Waals surface area (Å²) in [5.74, 6) is 0.179. The fourth-order valence-corrected chi connectivity index (χ4v) is 3.12. The number of hydrogen-bond donors (Lipinski definition) is 2. The number of amides is 2. The van der Waals surface area contributed by atoms with Crippen molar-refractivity contribution in [3.8, 4) is 0 Å². The van der Waals surface area contributed by atoms with Crippen molar-refractivity contribution < 1.29 is 18.7 Å². The minimum absolute atomic E-state index is 0.0144. The smallest absolute Gasteiger partial charge is 0.251 e. The molecule has 1 aromatic heterocycles. The lowest BCUT2D eigenvalue weighted by atomic mass is 9.86. The molecule has 168 valence electrons. The Balaban J connectivity index is 1.52. The van der Waals surface area contributed by atoms with E-state index in [9.17, 15) is 9.59 Å². The van der Waals surface area contributed by atoms with E-state index in [1.165, 1.54) is 0 Å². The lowest BCUT2D eigenvalue weighted by Crippen LogP contribution is -2.41. The maximum atomic E-state index is 12.6. The van der Waals surface area contributed by atoms with Gasteiger partial charge in [-0.1, -0.05) is 45.0 Å². The molecule has 3 rings (SSSR count). The summed E-state index contributed by atoms with van der Waals surface area (Å²) < 4.78 is 10.9. The maximum absolute atomic E-state index is 12.6. The van der Waals surface area contributed by atoms with Crippen molar-refractivity contribution in [3.05, 3.63) is 89.4 Å². The number of anilines is 1. The van der Waals surface area contributed by atoms with Gasteiger partial charge in [0, 0.05) is 11.3 Å². The van der Waals surface area contributed by atoms with E-state index < -0.39 is 6.04 Å². The number of rotatable bonds is 8. The number of carbonyl (C=O) groups is 2. The Labute approximate surface area is 189 Å². The molecular weight excluding hydrogens is 404 g/mol. The topological polar surface area (TPSA) is 80.6 Å². The van der Waals surface area contributed by atoms with Gasteiger partial charge < -0.3 is 19.8 Å². The minimum Gasteiger partial charge on any atom is -0.467 e. The standard InChI is InChI=1S/C26H30N2O4/c1-18(27-25(30)20-10-12-21(13-11-20)26(2,3)4)24(29)28-22-8-5-7-19(15-22)16-31-17-23-9-6-14-32-23/h5-15,18H,16-17H2,1-4H3,(H,27,30)(H,28,29). The van der Waals surface area contributed by atoms with Gasteiger partial charge in [0.2, 0.25) is 5.91 Å². The van der Waals surface area contributed by atoms with Crippen LogP contribution >= 0.6 is 0 Å². The van der Waals surface area contributed by atoms with Crippen molar-refractivity contribution in [2.75, 3.05) is 5.32 Å². The molecule has 3 aromatic rings. The summed E-state index contributed by atoms with van der Waals surface area (Å²) in [5.41, 5.74) is 3.25. The average molecular weight is 435 g/mol. The van der Waals surface area contributed by atoms with Crippen LogP contribution in [0.15, 0.2) is 71.3 Å². The predicted molar refractivity (Wildman–Crippen MR) is 124 cm³/mol. The van der Waals surface area contributed by atoms with Crippen LogP contribution in [0, 0.1) is 0 Å². The molecule has 0 aliphatic rings. The van der Waals surface area contributed by atoms with E-state index in [1.54, 1.807) is 31.4 Å². The van der Waals surface area contributed by atoms with Crippen molar-refractivity contribution in [1.29, 1.82) is 0 Å². The highest BCUT2D eigenvalue weighted by atomic mass is 16.5.